The van der Waals surface area contributed by atoms with Crippen molar-refractivity contribution in [1.29, 1.82) is 0 Å². The summed E-state index contributed by atoms with van der Waals surface area (Å²) < 4.78 is 45.1. The van der Waals surface area contributed by atoms with Gasteiger partial charge < -0.3 is 9.29 Å². The van der Waals surface area contributed by atoms with E-state index in [-0.39, 0.29) is 36.9 Å². The summed E-state index contributed by atoms with van der Waals surface area (Å²) in [7, 11) is -3.79. The molecule has 1 aromatic heterocycles. The molecular weight excluding hydrogens is 480 g/mol. The molecule has 0 bridgehead atoms. The van der Waals surface area contributed by atoms with Crippen LogP contribution >= 0.6 is 23.2 Å². The van der Waals surface area contributed by atoms with Gasteiger partial charge in [0.25, 0.3) is 0 Å². The molecule has 2 heterocycles. The van der Waals surface area contributed by atoms with Crippen LogP contribution in [0.15, 0.2) is 42.5 Å². The highest BCUT2D eigenvalue weighted by Crippen LogP contribution is 2.33. The van der Waals surface area contributed by atoms with Crippen molar-refractivity contribution in [1.82, 2.24) is 14.7 Å². The minimum absolute atomic E-state index is 0.00942. The van der Waals surface area contributed by atoms with Crippen LogP contribution in [0.5, 0.6) is 5.88 Å². The zero-order valence-corrected chi connectivity index (χ0v) is 19.2. The summed E-state index contributed by atoms with van der Waals surface area (Å²) in [5.41, 5.74) is 2.03. The Balaban J connectivity index is 1.71. The van der Waals surface area contributed by atoms with E-state index in [4.69, 9.17) is 27.4 Å². The topological polar surface area (TPSA) is 84.7 Å². The van der Waals surface area contributed by atoms with Crippen LogP contribution in [0.2, 0.25) is 10.0 Å². The molecule has 0 radical (unpaired) electrons. The first-order chi connectivity index (χ1) is 15.3. The van der Waals surface area contributed by atoms with Crippen molar-refractivity contribution in [3.63, 3.8) is 0 Å². The maximum Gasteiger partial charge on any atom is 0.311 e. The molecule has 1 aliphatic heterocycles. The second-order valence-electron chi connectivity index (χ2n) is 7.36. The fraction of sp³-hybridized carbons (Fsp3) is 0.286. The Morgan fingerprint density at radius 3 is 2.69 bits per heavy atom. The molecule has 1 aliphatic rings. The largest absolute Gasteiger partial charge is 0.395 e. The third-order valence-corrected chi connectivity index (χ3v) is 6.81. The molecule has 7 nitrogen and oxygen atoms in total. The standard InChI is InChI=1S/C21H20Cl2FN3O4S/c22-15-6-5-14(17(23)11-15)12-26(8-9-28)13-19-16-7-10-32(29,30)31-21(16)27(25-19)20-4-2-1-3-18(20)24/h1-6,11,28H,7-10,12-13H2. The van der Waals surface area contributed by atoms with Crippen molar-refractivity contribution in [3.8, 4) is 11.6 Å². The van der Waals surface area contributed by atoms with Gasteiger partial charge in [0.2, 0.25) is 5.88 Å². The van der Waals surface area contributed by atoms with Crippen molar-refractivity contribution >= 4 is 33.3 Å². The molecule has 4 rings (SSSR count). The van der Waals surface area contributed by atoms with Gasteiger partial charge in [-0.3, -0.25) is 4.90 Å². The molecule has 32 heavy (non-hydrogen) atoms. The molecule has 0 spiro atoms. The van der Waals surface area contributed by atoms with Gasteiger partial charge in [-0.1, -0.05) is 41.4 Å². The number of rotatable bonds is 7. The first-order valence-corrected chi connectivity index (χ1v) is 12.2. The minimum Gasteiger partial charge on any atom is -0.395 e. The smallest absolute Gasteiger partial charge is 0.311 e. The predicted molar refractivity (Wildman–Crippen MR) is 119 cm³/mol. The van der Waals surface area contributed by atoms with Crippen LogP contribution < -0.4 is 4.18 Å². The Labute approximate surface area is 195 Å². The van der Waals surface area contributed by atoms with Gasteiger partial charge in [0, 0.05) is 35.2 Å². The van der Waals surface area contributed by atoms with Crippen LogP contribution in [0.3, 0.4) is 0 Å². The molecule has 0 amide bonds. The van der Waals surface area contributed by atoms with E-state index in [2.05, 4.69) is 5.10 Å². The number of hydrogen-bond donors (Lipinski definition) is 1. The number of hydrogen-bond acceptors (Lipinski definition) is 6. The molecule has 0 aliphatic carbocycles. The van der Waals surface area contributed by atoms with Gasteiger partial charge in [-0.15, -0.1) is 0 Å². The Kier molecular flexibility index (Phi) is 6.73. The van der Waals surface area contributed by atoms with Gasteiger partial charge in [-0.25, -0.2) is 4.39 Å². The SMILES string of the molecule is O=S1(=O)CCc2c(CN(CCO)Cc3ccc(Cl)cc3Cl)nn(-c3ccccc3F)c2O1. The number of aromatic nitrogens is 2. The molecule has 3 aromatic rings. The van der Waals surface area contributed by atoms with Crippen molar-refractivity contribution in [3.05, 3.63) is 75.1 Å². The molecule has 0 atom stereocenters. The van der Waals surface area contributed by atoms with E-state index in [0.717, 1.165) is 5.56 Å². The van der Waals surface area contributed by atoms with Gasteiger partial charge >= 0.3 is 10.1 Å². The van der Waals surface area contributed by atoms with Crippen molar-refractivity contribution in [2.45, 2.75) is 19.5 Å². The number of para-hydroxylation sites is 1. The van der Waals surface area contributed by atoms with E-state index in [1.165, 1.54) is 22.9 Å². The summed E-state index contributed by atoms with van der Waals surface area (Å²) in [6, 6.07) is 11.1. The van der Waals surface area contributed by atoms with Crippen molar-refractivity contribution < 1.29 is 22.1 Å². The Morgan fingerprint density at radius 2 is 1.97 bits per heavy atom. The Morgan fingerprint density at radius 1 is 1.19 bits per heavy atom. The van der Waals surface area contributed by atoms with Crippen LogP contribution in [-0.2, 0) is 29.6 Å². The van der Waals surface area contributed by atoms with Gasteiger partial charge in [-0.2, -0.15) is 18.2 Å². The number of benzene rings is 2. The second-order valence-corrected chi connectivity index (χ2v) is 9.89. The fourth-order valence-electron chi connectivity index (χ4n) is 3.58. The van der Waals surface area contributed by atoms with Crippen molar-refractivity contribution in [2.75, 3.05) is 18.9 Å². The highest BCUT2D eigenvalue weighted by Gasteiger charge is 2.32. The van der Waals surface area contributed by atoms with E-state index < -0.39 is 15.9 Å². The molecule has 0 saturated carbocycles. The predicted octanol–water partition coefficient (Wildman–Crippen LogP) is 3.58. The molecule has 0 saturated heterocycles. The minimum atomic E-state index is -3.79. The summed E-state index contributed by atoms with van der Waals surface area (Å²) in [5, 5.41) is 15.1. The Hall–Kier alpha value is -2.17. The van der Waals surface area contributed by atoms with Crippen LogP contribution in [-0.4, -0.2) is 47.1 Å². The van der Waals surface area contributed by atoms with Crippen LogP contribution in [0.25, 0.3) is 5.69 Å². The number of nitrogens with zero attached hydrogens (tertiary/aromatic N) is 3. The van der Waals surface area contributed by atoms with Crippen LogP contribution in [0, 0.1) is 5.82 Å². The second kappa shape index (κ2) is 9.36. The van der Waals surface area contributed by atoms with Crippen LogP contribution in [0.4, 0.5) is 4.39 Å². The van der Waals surface area contributed by atoms with E-state index in [0.29, 0.717) is 34.4 Å². The molecule has 170 valence electrons. The highest BCUT2D eigenvalue weighted by atomic mass is 35.5. The average molecular weight is 500 g/mol. The Bertz CT molecular complexity index is 1250. The van der Waals surface area contributed by atoms with Crippen LogP contribution in [0.1, 0.15) is 16.8 Å². The molecular formula is C21H20Cl2FN3O4S. The maximum absolute atomic E-state index is 14.5. The summed E-state index contributed by atoms with van der Waals surface area (Å²) in [4.78, 5) is 1.91. The van der Waals surface area contributed by atoms with Gasteiger partial charge in [0.1, 0.15) is 11.5 Å². The maximum atomic E-state index is 14.5. The quantitative estimate of drug-likeness (QED) is 0.500. The lowest BCUT2D eigenvalue weighted by atomic mass is 10.1. The lowest BCUT2D eigenvalue weighted by Crippen LogP contribution is -2.27. The summed E-state index contributed by atoms with van der Waals surface area (Å²) >= 11 is 12.3. The summed E-state index contributed by atoms with van der Waals surface area (Å²) in [5.74, 6) is -0.764. The van der Waals surface area contributed by atoms with Gasteiger partial charge in [-0.05, 0) is 36.2 Å². The monoisotopic (exact) mass is 499 g/mol. The van der Waals surface area contributed by atoms with Gasteiger partial charge in [0.05, 0.1) is 18.1 Å². The first-order valence-electron chi connectivity index (χ1n) is 9.82. The molecule has 11 heteroatoms. The molecule has 2 aromatic carbocycles. The molecule has 0 unspecified atom stereocenters. The fourth-order valence-corrected chi connectivity index (χ4v) is 4.99. The van der Waals surface area contributed by atoms with E-state index in [1.54, 1.807) is 24.3 Å². The summed E-state index contributed by atoms with van der Waals surface area (Å²) in [6.07, 6.45) is 0.191. The van der Waals surface area contributed by atoms with E-state index >= 15 is 0 Å². The van der Waals surface area contributed by atoms with E-state index in [9.17, 15) is 17.9 Å². The zero-order chi connectivity index (χ0) is 22.9. The number of halogens is 3. The molecule has 0 fully saturated rings. The zero-order valence-electron chi connectivity index (χ0n) is 16.8. The lowest BCUT2D eigenvalue weighted by molar-refractivity contribution is 0.182. The molecule has 1 N–H and O–H groups in total. The third-order valence-electron chi connectivity index (χ3n) is 5.11. The normalized spacial score (nSPS) is 14.9. The average Bonchev–Trinajstić information content (AvgIpc) is 3.06. The third kappa shape index (κ3) is 4.92. The first kappa shape index (κ1) is 23.0. The van der Waals surface area contributed by atoms with Gasteiger partial charge in [0.15, 0.2) is 0 Å². The highest BCUT2D eigenvalue weighted by molar-refractivity contribution is 7.87. The van der Waals surface area contributed by atoms with E-state index in [1.807, 2.05) is 4.90 Å². The number of aliphatic hydroxyl groups excluding tert-OH is 1. The number of aliphatic hydroxyl groups is 1. The number of fused-ring (bicyclic) bond motifs is 1. The lowest BCUT2D eigenvalue weighted by Gasteiger charge is -2.22. The summed E-state index contributed by atoms with van der Waals surface area (Å²) in [6.45, 7) is 0.884. The van der Waals surface area contributed by atoms with Crippen molar-refractivity contribution in [2.24, 2.45) is 0 Å².